The molecule has 1 aliphatic heterocycles. The summed E-state index contributed by atoms with van der Waals surface area (Å²) < 4.78 is 4.44. The Hall–Kier alpha value is -1.32. The van der Waals surface area contributed by atoms with Gasteiger partial charge in [0.2, 0.25) is 5.91 Å². The number of ether oxygens (including phenoxy) is 1. The first-order valence-corrected chi connectivity index (χ1v) is 3.70. The van der Waals surface area contributed by atoms with Gasteiger partial charge in [-0.05, 0) is 6.42 Å². The molecule has 0 bridgehead atoms. The van der Waals surface area contributed by atoms with Crippen molar-refractivity contribution in [3.63, 3.8) is 0 Å². The molecule has 1 rings (SSSR count). The Labute approximate surface area is 70.8 Å². The second-order valence-electron chi connectivity index (χ2n) is 2.61. The summed E-state index contributed by atoms with van der Waals surface area (Å²) in [4.78, 5) is 23.3. The molecule has 0 unspecified atom stereocenters. The van der Waals surface area contributed by atoms with Crippen LogP contribution in [0.5, 0.6) is 0 Å². The van der Waals surface area contributed by atoms with Crippen molar-refractivity contribution in [1.29, 1.82) is 0 Å². The minimum absolute atomic E-state index is 0.0464. The molecule has 0 aromatic heterocycles. The fourth-order valence-electron chi connectivity index (χ4n) is 1.09. The van der Waals surface area contributed by atoms with Crippen molar-refractivity contribution in [3.8, 4) is 0 Å². The third kappa shape index (κ3) is 1.64. The first kappa shape index (κ1) is 8.77. The summed E-state index contributed by atoms with van der Waals surface area (Å²) in [6.45, 7) is 0. The summed E-state index contributed by atoms with van der Waals surface area (Å²) in [6, 6.07) is 0. The van der Waals surface area contributed by atoms with Crippen molar-refractivity contribution in [2.75, 3.05) is 14.2 Å². The maximum Gasteiger partial charge on any atom is 0.332 e. The molecule has 4 nitrogen and oxygen atoms in total. The van der Waals surface area contributed by atoms with Crippen LogP contribution < -0.4 is 0 Å². The zero-order chi connectivity index (χ0) is 9.14. The Morgan fingerprint density at radius 3 is 2.67 bits per heavy atom. The highest BCUT2D eigenvalue weighted by atomic mass is 16.5. The molecule has 1 saturated heterocycles. The van der Waals surface area contributed by atoms with Gasteiger partial charge in [-0.1, -0.05) is 0 Å². The maximum absolute atomic E-state index is 11.0. The second-order valence-corrected chi connectivity index (χ2v) is 2.61. The van der Waals surface area contributed by atoms with E-state index >= 15 is 0 Å². The summed E-state index contributed by atoms with van der Waals surface area (Å²) >= 11 is 0. The highest BCUT2D eigenvalue weighted by molar-refractivity contribution is 5.87. The van der Waals surface area contributed by atoms with Gasteiger partial charge in [-0.15, -0.1) is 0 Å². The number of likely N-dealkylation sites (tertiary alicyclic amines) is 1. The third-order valence-corrected chi connectivity index (χ3v) is 1.89. The van der Waals surface area contributed by atoms with Crippen molar-refractivity contribution in [3.05, 3.63) is 11.8 Å². The molecule has 0 spiro atoms. The number of nitrogens with zero attached hydrogens (tertiary/aromatic N) is 1. The third-order valence-electron chi connectivity index (χ3n) is 1.89. The molecule has 0 aliphatic carbocycles. The number of hydrogen-bond donors (Lipinski definition) is 0. The lowest BCUT2D eigenvalue weighted by molar-refractivity contribution is -0.134. The fourth-order valence-corrected chi connectivity index (χ4v) is 1.09. The summed E-state index contributed by atoms with van der Waals surface area (Å²) in [6.07, 6.45) is 2.47. The van der Waals surface area contributed by atoms with Crippen molar-refractivity contribution in [2.45, 2.75) is 12.8 Å². The number of esters is 1. The maximum atomic E-state index is 11.0. The SMILES string of the molecule is COC(=O)C=C1CCC(=O)N1C. The lowest BCUT2D eigenvalue weighted by Gasteiger charge is -2.09. The molecule has 4 heteroatoms. The van der Waals surface area contributed by atoms with E-state index in [4.69, 9.17) is 0 Å². The smallest absolute Gasteiger partial charge is 0.332 e. The molecule has 0 aromatic carbocycles. The summed E-state index contributed by atoms with van der Waals surface area (Å²) in [5.41, 5.74) is 0.729. The highest BCUT2D eigenvalue weighted by Crippen LogP contribution is 2.19. The number of hydrogen-bond acceptors (Lipinski definition) is 3. The first-order valence-electron chi connectivity index (χ1n) is 3.70. The van der Waals surface area contributed by atoms with Gasteiger partial charge in [-0.25, -0.2) is 4.79 Å². The Kier molecular flexibility index (Phi) is 2.47. The van der Waals surface area contributed by atoms with Crippen LogP contribution in [-0.4, -0.2) is 30.9 Å². The van der Waals surface area contributed by atoms with E-state index in [0.717, 1.165) is 5.70 Å². The number of amides is 1. The molecule has 0 atom stereocenters. The van der Waals surface area contributed by atoms with E-state index in [2.05, 4.69) is 4.74 Å². The summed E-state index contributed by atoms with van der Waals surface area (Å²) in [5.74, 6) is -0.364. The van der Waals surface area contributed by atoms with E-state index < -0.39 is 5.97 Å². The Balaban J connectivity index is 2.70. The van der Waals surface area contributed by atoms with Gasteiger partial charge in [0, 0.05) is 25.2 Å². The van der Waals surface area contributed by atoms with Crippen molar-refractivity contribution >= 4 is 11.9 Å². The van der Waals surface area contributed by atoms with E-state index in [0.29, 0.717) is 12.8 Å². The van der Waals surface area contributed by atoms with Gasteiger partial charge < -0.3 is 9.64 Å². The lowest BCUT2D eigenvalue weighted by Crippen LogP contribution is -2.17. The molecule has 0 N–H and O–H groups in total. The monoisotopic (exact) mass is 169 g/mol. The minimum Gasteiger partial charge on any atom is -0.466 e. The van der Waals surface area contributed by atoms with Gasteiger partial charge in [0.25, 0.3) is 0 Å². The van der Waals surface area contributed by atoms with Crippen molar-refractivity contribution < 1.29 is 14.3 Å². The summed E-state index contributed by atoms with van der Waals surface area (Å²) in [7, 11) is 2.97. The van der Waals surface area contributed by atoms with Crippen LogP contribution in [-0.2, 0) is 14.3 Å². The normalized spacial score (nSPS) is 20.3. The van der Waals surface area contributed by atoms with E-state index in [1.807, 2.05) is 0 Å². The molecule has 0 radical (unpaired) electrons. The number of rotatable bonds is 1. The first-order chi connectivity index (χ1) is 5.65. The van der Waals surface area contributed by atoms with Crippen LogP contribution in [0.25, 0.3) is 0 Å². The van der Waals surface area contributed by atoms with E-state index in [9.17, 15) is 9.59 Å². The molecule has 0 saturated carbocycles. The molecular weight excluding hydrogens is 158 g/mol. The number of carbonyl (C=O) groups is 2. The Morgan fingerprint density at radius 1 is 1.58 bits per heavy atom. The van der Waals surface area contributed by atoms with Crippen LogP contribution in [0.3, 0.4) is 0 Å². The van der Waals surface area contributed by atoms with Crippen LogP contribution in [0.1, 0.15) is 12.8 Å². The van der Waals surface area contributed by atoms with Gasteiger partial charge in [0.1, 0.15) is 0 Å². The predicted octanol–water partition coefficient (Wildman–Crippen LogP) is 0.295. The van der Waals surface area contributed by atoms with E-state index in [1.165, 1.54) is 18.1 Å². The largest absolute Gasteiger partial charge is 0.466 e. The van der Waals surface area contributed by atoms with Crippen molar-refractivity contribution in [1.82, 2.24) is 4.90 Å². The van der Waals surface area contributed by atoms with Gasteiger partial charge in [-0.2, -0.15) is 0 Å². The van der Waals surface area contributed by atoms with E-state index in [-0.39, 0.29) is 5.91 Å². The highest BCUT2D eigenvalue weighted by Gasteiger charge is 2.22. The molecular formula is C8H11NO3. The zero-order valence-electron chi connectivity index (χ0n) is 7.16. The average molecular weight is 169 g/mol. The predicted molar refractivity (Wildman–Crippen MR) is 42.1 cm³/mol. The standard InChI is InChI=1S/C8H11NO3/c1-9-6(3-4-7(9)10)5-8(11)12-2/h5H,3-4H2,1-2H3. The van der Waals surface area contributed by atoms with Gasteiger partial charge >= 0.3 is 5.97 Å². The lowest BCUT2D eigenvalue weighted by atomic mass is 10.3. The van der Waals surface area contributed by atoms with Crippen LogP contribution in [0, 0.1) is 0 Å². The molecule has 0 aromatic rings. The molecule has 1 aliphatic rings. The number of allylic oxidation sites excluding steroid dienone is 1. The van der Waals surface area contributed by atoms with Crippen LogP contribution in [0.4, 0.5) is 0 Å². The molecule has 66 valence electrons. The molecule has 1 fully saturated rings. The molecule has 1 heterocycles. The van der Waals surface area contributed by atoms with Gasteiger partial charge in [0.05, 0.1) is 7.11 Å². The van der Waals surface area contributed by atoms with Gasteiger partial charge in [0.15, 0.2) is 0 Å². The molecule has 1 amide bonds. The molecule has 12 heavy (non-hydrogen) atoms. The average Bonchev–Trinajstić information content (AvgIpc) is 2.36. The zero-order valence-corrected chi connectivity index (χ0v) is 7.16. The van der Waals surface area contributed by atoms with Crippen LogP contribution in [0.15, 0.2) is 11.8 Å². The number of methoxy groups -OCH3 is 1. The van der Waals surface area contributed by atoms with Crippen LogP contribution in [0.2, 0.25) is 0 Å². The topological polar surface area (TPSA) is 46.6 Å². The van der Waals surface area contributed by atoms with E-state index in [1.54, 1.807) is 7.05 Å². The fraction of sp³-hybridized carbons (Fsp3) is 0.500. The summed E-state index contributed by atoms with van der Waals surface area (Å²) in [5, 5.41) is 0. The van der Waals surface area contributed by atoms with Gasteiger partial charge in [-0.3, -0.25) is 4.79 Å². The second kappa shape index (κ2) is 3.38. The van der Waals surface area contributed by atoms with Crippen LogP contribution >= 0.6 is 0 Å². The quantitative estimate of drug-likeness (QED) is 0.419. The Morgan fingerprint density at radius 2 is 2.25 bits per heavy atom. The Bertz CT molecular complexity index is 245. The minimum atomic E-state index is -0.411. The number of carbonyl (C=O) groups excluding carboxylic acids is 2. The van der Waals surface area contributed by atoms with Crippen molar-refractivity contribution in [2.24, 2.45) is 0 Å².